The topological polar surface area (TPSA) is 78.8 Å². The fourth-order valence-corrected chi connectivity index (χ4v) is 2.65. The number of allylic oxidation sites excluding steroid dienone is 2. The lowest BCUT2D eigenvalue weighted by Crippen LogP contribution is -2.09. The van der Waals surface area contributed by atoms with Crippen LogP contribution in [0.4, 0.5) is 5.69 Å². The van der Waals surface area contributed by atoms with Gasteiger partial charge in [0.1, 0.15) is 5.75 Å². The summed E-state index contributed by atoms with van der Waals surface area (Å²) >= 11 is 0. The van der Waals surface area contributed by atoms with Crippen LogP contribution in [-0.2, 0) is 11.2 Å². The average Bonchev–Trinajstić information content (AvgIpc) is 2.59. The minimum absolute atomic E-state index is 0.0719. The van der Waals surface area contributed by atoms with E-state index in [2.05, 4.69) is 11.4 Å². The van der Waals surface area contributed by atoms with Crippen molar-refractivity contribution < 1.29 is 19.7 Å². The predicted molar refractivity (Wildman–Crippen MR) is 109 cm³/mol. The van der Waals surface area contributed by atoms with Crippen LogP contribution in [0.3, 0.4) is 0 Å². The molecule has 5 heteroatoms. The second-order valence-electron chi connectivity index (χ2n) is 6.49. The van der Waals surface area contributed by atoms with Crippen LogP contribution in [0.15, 0.2) is 42.0 Å². The smallest absolute Gasteiger partial charge is 0.221 e. The van der Waals surface area contributed by atoms with Crippen molar-refractivity contribution in [3.8, 4) is 17.2 Å². The first kappa shape index (κ1) is 20.1. The molecule has 27 heavy (non-hydrogen) atoms. The van der Waals surface area contributed by atoms with Gasteiger partial charge in [0.2, 0.25) is 5.91 Å². The Morgan fingerprint density at radius 1 is 1.11 bits per heavy atom. The van der Waals surface area contributed by atoms with Gasteiger partial charge in [0.05, 0.1) is 7.11 Å². The van der Waals surface area contributed by atoms with E-state index < -0.39 is 0 Å². The van der Waals surface area contributed by atoms with Crippen LogP contribution < -0.4 is 10.1 Å². The quantitative estimate of drug-likeness (QED) is 0.509. The van der Waals surface area contributed by atoms with E-state index in [0.29, 0.717) is 17.9 Å². The number of amides is 1. The molecule has 5 nitrogen and oxygen atoms in total. The Hall–Kier alpha value is -3.21. The van der Waals surface area contributed by atoms with E-state index >= 15 is 0 Å². The van der Waals surface area contributed by atoms with Gasteiger partial charge in [-0.2, -0.15) is 0 Å². The molecule has 0 aliphatic rings. The van der Waals surface area contributed by atoms with Gasteiger partial charge >= 0.3 is 0 Å². The third-order valence-electron chi connectivity index (χ3n) is 3.95. The minimum Gasteiger partial charge on any atom is -0.508 e. The first-order valence-corrected chi connectivity index (χ1v) is 8.62. The molecule has 142 valence electrons. The normalized spacial score (nSPS) is 10.7. The van der Waals surface area contributed by atoms with Gasteiger partial charge in [0, 0.05) is 18.7 Å². The number of phenols is 2. The monoisotopic (exact) mass is 367 g/mol. The maximum atomic E-state index is 11.5. The summed E-state index contributed by atoms with van der Waals surface area (Å²) in [5, 5.41) is 22.6. The minimum atomic E-state index is -0.197. The molecule has 3 N–H and O–H groups in total. The summed E-state index contributed by atoms with van der Waals surface area (Å²) in [4.78, 5) is 11.5. The van der Waals surface area contributed by atoms with Crippen molar-refractivity contribution in [3.05, 3.63) is 58.7 Å². The first-order chi connectivity index (χ1) is 12.8. The fraction of sp³-hybridized carbons (Fsp3) is 0.227. The summed E-state index contributed by atoms with van der Waals surface area (Å²) in [7, 11) is 1.50. The molecular formula is C22H25NO4. The van der Waals surface area contributed by atoms with Gasteiger partial charge in [-0.3, -0.25) is 4.79 Å². The second-order valence-corrected chi connectivity index (χ2v) is 6.49. The molecule has 0 aromatic heterocycles. The number of rotatable bonds is 6. The van der Waals surface area contributed by atoms with E-state index in [0.717, 1.165) is 22.3 Å². The Bertz CT molecular complexity index is 893. The zero-order chi connectivity index (χ0) is 20.0. The largest absolute Gasteiger partial charge is 0.508 e. The van der Waals surface area contributed by atoms with E-state index in [1.165, 1.54) is 14.0 Å². The molecule has 0 spiro atoms. The summed E-state index contributed by atoms with van der Waals surface area (Å²) < 4.78 is 5.13. The van der Waals surface area contributed by atoms with Gasteiger partial charge in [-0.05, 0) is 55.2 Å². The Labute approximate surface area is 159 Å². The van der Waals surface area contributed by atoms with Crippen LogP contribution in [0.2, 0.25) is 0 Å². The molecule has 2 aromatic carbocycles. The van der Waals surface area contributed by atoms with E-state index in [9.17, 15) is 15.0 Å². The number of carbonyl (C=O) groups excluding carboxylic acids is 1. The van der Waals surface area contributed by atoms with E-state index in [4.69, 9.17) is 4.74 Å². The molecule has 0 aliphatic carbocycles. The molecular weight excluding hydrogens is 342 g/mol. The zero-order valence-electron chi connectivity index (χ0n) is 16.0. The van der Waals surface area contributed by atoms with Gasteiger partial charge < -0.3 is 20.3 Å². The van der Waals surface area contributed by atoms with Crippen LogP contribution in [0.1, 0.15) is 37.5 Å². The Kier molecular flexibility index (Phi) is 6.66. The number of anilines is 1. The summed E-state index contributed by atoms with van der Waals surface area (Å²) in [6, 6.07) is 8.26. The van der Waals surface area contributed by atoms with Crippen molar-refractivity contribution >= 4 is 23.7 Å². The van der Waals surface area contributed by atoms with Gasteiger partial charge in [-0.25, -0.2) is 0 Å². The van der Waals surface area contributed by atoms with Crippen LogP contribution in [-0.4, -0.2) is 23.2 Å². The number of hydrogen-bond acceptors (Lipinski definition) is 4. The number of aromatic hydroxyl groups is 2. The maximum absolute atomic E-state index is 11.5. The van der Waals surface area contributed by atoms with Crippen LogP contribution in [0.5, 0.6) is 17.2 Å². The summed E-state index contributed by atoms with van der Waals surface area (Å²) in [6.07, 6.45) is 6.42. The second kappa shape index (κ2) is 8.94. The van der Waals surface area contributed by atoms with E-state index in [-0.39, 0.29) is 17.4 Å². The molecule has 0 heterocycles. The molecule has 1 amide bonds. The number of ether oxygens (including phenoxy) is 1. The molecule has 0 fully saturated rings. The Morgan fingerprint density at radius 3 is 2.48 bits per heavy atom. The first-order valence-electron chi connectivity index (χ1n) is 8.62. The highest BCUT2D eigenvalue weighted by molar-refractivity contribution is 5.91. The number of benzene rings is 2. The van der Waals surface area contributed by atoms with Gasteiger partial charge in [0.15, 0.2) is 11.5 Å². The maximum Gasteiger partial charge on any atom is 0.221 e. The predicted octanol–water partition coefficient (Wildman–Crippen LogP) is 4.74. The third kappa shape index (κ3) is 5.64. The molecule has 0 saturated carbocycles. The molecule has 0 bridgehead atoms. The SMILES string of the molecule is COc1cc(C=Cc2cc(O)cc(NC(C)=O)c2CC=C(C)C)ccc1O. The summed E-state index contributed by atoms with van der Waals surface area (Å²) in [6.45, 7) is 5.46. The summed E-state index contributed by atoms with van der Waals surface area (Å²) in [5.74, 6) is 0.334. The van der Waals surface area contributed by atoms with Crippen molar-refractivity contribution in [1.82, 2.24) is 0 Å². The number of phenolic OH excluding ortho intramolecular Hbond substituents is 2. The Balaban J connectivity index is 2.48. The van der Waals surface area contributed by atoms with Crippen molar-refractivity contribution in [1.29, 1.82) is 0 Å². The Morgan fingerprint density at radius 2 is 1.85 bits per heavy atom. The fourth-order valence-electron chi connectivity index (χ4n) is 2.65. The molecule has 0 saturated heterocycles. The standard InChI is InChI=1S/C22H25NO4/c1-14(2)5-9-19-17(12-18(25)13-20(19)23-15(3)24)8-6-16-7-10-21(26)22(11-16)27-4/h5-8,10-13,25-26H,9H2,1-4H3,(H,23,24). The lowest BCUT2D eigenvalue weighted by molar-refractivity contribution is -0.114. The summed E-state index contributed by atoms with van der Waals surface area (Å²) in [5.41, 5.74) is 4.29. The molecule has 0 radical (unpaired) electrons. The van der Waals surface area contributed by atoms with Gasteiger partial charge in [-0.15, -0.1) is 0 Å². The van der Waals surface area contributed by atoms with Crippen LogP contribution >= 0.6 is 0 Å². The number of carbonyl (C=O) groups is 1. The zero-order valence-corrected chi connectivity index (χ0v) is 16.0. The highest BCUT2D eigenvalue weighted by atomic mass is 16.5. The lowest BCUT2D eigenvalue weighted by Gasteiger charge is -2.13. The van der Waals surface area contributed by atoms with Gasteiger partial charge in [0.25, 0.3) is 0 Å². The van der Waals surface area contributed by atoms with Gasteiger partial charge in [-0.1, -0.05) is 29.9 Å². The van der Waals surface area contributed by atoms with Crippen LogP contribution in [0, 0.1) is 0 Å². The third-order valence-corrected chi connectivity index (χ3v) is 3.95. The number of nitrogens with one attached hydrogen (secondary N) is 1. The molecule has 0 unspecified atom stereocenters. The number of hydrogen-bond donors (Lipinski definition) is 3. The molecule has 0 atom stereocenters. The van der Waals surface area contributed by atoms with Crippen molar-refractivity contribution in [2.45, 2.75) is 27.2 Å². The van der Waals surface area contributed by atoms with Crippen molar-refractivity contribution in [2.24, 2.45) is 0 Å². The highest BCUT2D eigenvalue weighted by Crippen LogP contribution is 2.30. The lowest BCUT2D eigenvalue weighted by atomic mass is 9.99. The van der Waals surface area contributed by atoms with Crippen LogP contribution in [0.25, 0.3) is 12.2 Å². The molecule has 2 aromatic rings. The highest BCUT2D eigenvalue weighted by Gasteiger charge is 2.10. The average molecular weight is 367 g/mol. The van der Waals surface area contributed by atoms with Crippen molar-refractivity contribution in [2.75, 3.05) is 12.4 Å². The molecule has 0 aliphatic heterocycles. The number of methoxy groups -OCH3 is 1. The molecule has 2 rings (SSSR count). The van der Waals surface area contributed by atoms with E-state index in [1.54, 1.807) is 30.3 Å². The van der Waals surface area contributed by atoms with Crippen molar-refractivity contribution in [3.63, 3.8) is 0 Å². The van der Waals surface area contributed by atoms with E-state index in [1.807, 2.05) is 26.0 Å².